The van der Waals surface area contributed by atoms with E-state index in [4.69, 9.17) is 14.2 Å². The van der Waals surface area contributed by atoms with Crippen LogP contribution in [0.2, 0.25) is 0 Å². The first kappa shape index (κ1) is 24.3. The fraction of sp³-hybridized carbons (Fsp3) is 0.667. The van der Waals surface area contributed by atoms with E-state index in [-0.39, 0.29) is 12.2 Å². The van der Waals surface area contributed by atoms with Crippen LogP contribution in [0.4, 0.5) is 26.7 Å². The van der Waals surface area contributed by atoms with Gasteiger partial charge in [-0.15, -0.1) is 0 Å². The lowest BCUT2D eigenvalue weighted by atomic mass is 10.1. The Morgan fingerprint density at radius 3 is 1.35 bits per heavy atom. The van der Waals surface area contributed by atoms with Crippen molar-refractivity contribution >= 4 is 29.2 Å². The van der Waals surface area contributed by atoms with Crippen LogP contribution in [0.3, 0.4) is 0 Å². The van der Waals surface area contributed by atoms with E-state index in [2.05, 4.69) is 32.9 Å². The molecule has 0 unspecified atom stereocenters. The van der Waals surface area contributed by atoms with Crippen LogP contribution in [-0.2, 0) is 14.2 Å². The molecule has 10 heteroatoms. The summed E-state index contributed by atoms with van der Waals surface area (Å²) in [5, 5.41) is 0. The summed E-state index contributed by atoms with van der Waals surface area (Å²) in [6.45, 7) is 13.3. The topological polar surface area (TPSA) is 78.0 Å². The molecule has 0 radical (unpaired) electrons. The quantitative estimate of drug-likeness (QED) is 0.641. The summed E-state index contributed by atoms with van der Waals surface area (Å²) in [6, 6.07) is 6.75. The Kier molecular flexibility index (Phi) is 8.21. The third-order valence-electron chi connectivity index (χ3n) is 6.61. The van der Waals surface area contributed by atoms with Crippen molar-refractivity contribution in [1.82, 2.24) is 9.80 Å². The largest absolute Gasteiger partial charge is 0.450 e. The summed E-state index contributed by atoms with van der Waals surface area (Å²) < 4.78 is 15.9. The van der Waals surface area contributed by atoms with Crippen molar-refractivity contribution < 1.29 is 23.8 Å². The predicted molar refractivity (Wildman–Crippen MR) is 131 cm³/mol. The van der Waals surface area contributed by atoms with Crippen molar-refractivity contribution in [2.45, 2.75) is 13.8 Å². The van der Waals surface area contributed by atoms with Crippen molar-refractivity contribution in [2.75, 3.05) is 107 Å². The van der Waals surface area contributed by atoms with Crippen LogP contribution < -0.4 is 14.7 Å². The van der Waals surface area contributed by atoms with Gasteiger partial charge in [-0.3, -0.25) is 0 Å². The van der Waals surface area contributed by atoms with Gasteiger partial charge in [0.2, 0.25) is 0 Å². The molecule has 0 aromatic heterocycles. The van der Waals surface area contributed by atoms with Gasteiger partial charge in [0.05, 0.1) is 26.4 Å². The molecule has 3 aliphatic rings. The SMILES string of the molecule is CCOC(=O)N1CCN(c2cc(N3CCOCC3)cc(N3CCN(C(=O)OCC)CC3)c2)CC1. The molecule has 3 heterocycles. The minimum absolute atomic E-state index is 0.232. The number of ether oxygens (including phenoxy) is 3. The molecule has 0 saturated carbocycles. The summed E-state index contributed by atoms with van der Waals surface area (Å²) in [5.41, 5.74) is 3.52. The van der Waals surface area contributed by atoms with E-state index in [1.54, 1.807) is 9.80 Å². The fourth-order valence-electron chi connectivity index (χ4n) is 4.67. The van der Waals surface area contributed by atoms with Crippen LogP contribution >= 0.6 is 0 Å². The number of amides is 2. The zero-order valence-electron chi connectivity index (χ0n) is 20.4. The summed E-state index contributed by atoms with van der Waals surface area (Å²) in [4.78, 5) is 34.8. The van der Waals surface area contributed by atoms with E-state index < -0.39 is 0 Å². The number of rotatable bonds is 5. The second-order valence-corrected chi connectivity index (χ2v) is 8.65. The first-order chi connectivity index (χ1) is 16.6. The molecule has 10 nitrogen and oxygen atoms in total. The van der Waals surface area contributed by atoms with Crippen LogP contribution in [0.1, 0.15) is 13.8 Å². The maximum absolute atomic E-state index is 12.1. The highest BCUT2D eigenvalue weighted by Gasteiger charge is 2.26. The Hall–Kier alpha value is -2.88. The first-order valence-electron chi connectivity index (χ1n) is 12.4. The molecule has 0 atom stereocenters. The molecule has 1 aromatic carbocycles. The maximum Gasteiger partial charge on any atom is 0.409 e. The van der Waals surface area contributed by atoms with Crippen LogP contribution in [0.25, 0.3) is 0 Å². The minimum atomic E-state index is -0.232. The van der Waals surface area contributed by atoms with Gasteiger partial charge in [0.1, 0.15) is 0 Å². The number of hydrogen-bond donors (Lipinski definition) is 0. The van der Waals surface area contributed by atoms with Crippen LogP contribution in [-0.4, -0.2) is 114 Å². The highest BCUT2D eigenvalue weighted by atomic mass is 16.6. The lowest BCUT2D eigenvalue weighted by Gasteiger charge is -2.39. The zero-order valence-corrected chi connectivity index (χ0v) is 20.4. The molecule has 4 rings (SSSR count). The van der Waals surface area contributed by atoms with Gasteiger partial charge in [0.15, 0.2) is 0 Å². The smallest absolute Gasteiger partial charge is 0.409 e. The lowest BCUT2D eigenvalue weighted by molar-refractivity contribution is 0.104. The van der Waals surface area contributed by atoms with Crippen LogP contribution in [0.5, 0.6) is 0 Å². The molecule has 0 bridgehead atoms. The summed E-state index contributed by atoms with van der Waals surface area (Å²) in [7, 11) is 0. The average molecular weight is 476 g/mol. The number of benzene rings is 1. The molecule has 0 spiro atoms. The molecular weight excluding hydrogens is 438 g/mol. The van der Waals surface area contributed by atoms with Gasteiger partial charge in [-0.1, -0.05) is 0 Å². The third kappa shape index (κ3) is 5.78. The third-order valence-corrected chi connectivity index (χ3v) is 6.61. The molecule has 1 aromatic rings. The van der Waals surface area contributed by atoms with E-state index >= 15 is 0 Å². The van der Waals surface area contributed by atoms with Gasteiger partial charge >= 0.3 is 12.2 Å². The number of nitrogens with zero attached hydrogens (tertiary/aromatic N) is 5. The Balaban J connectivity index is 1.49. The Morgan fingerprint density at radius 1 is 0.647 bits per heavy atom. The van der Waals surface area contributed by atoms with Crippen molar-refractivity contribution in [3.63, 3.8) is 0 Å². The van der Waals surface area contributed by atoms with Gasteiger partial charge in [-0.25, -0.2) is 9.59 Å². The molecule has 3 saturated heterocycles. The molecule has 2 amide bonds. The van der Waals surface area contributed by atoms with Crippen molar-refractivity contribution in [3.8, 4) is 0 Å². The number of hydrogen-bond acceptors (Lipinski definition) is 8. The maximum atomic E-state index is 12.1. The van der Waals surface area contributed by atoms with Crippen LogP contribution in [0, 0.1) is 0 Å². The Bertz CT molecular complexity index is 775. The van der Waals surface area contributed by atoms with Crippen molar-refractivity contribution in [2.24, 2.45) is 0 Å². The monoisotopic (exact) mass is 475 g/mol. The van der Waals surface area contributed by atoms with E-state index in [0.29, 0.717) is 39.4 Å². The standard InChI is InChI=1S/C24H37N5O5/c1-3-33-23(30)28-9-5-25(6-10-28)20-17-21(19-22(18-20)27-13-15-32-16-14-27)26-7-11-29(12-8-26)24(31)34-4-2/h17-19H,3-16H2,1-2H3. The van der Waals surface area contributed by atoms with E-state index in [1.165, 1.54) is 5.69 Å². The van der Waals surface area contributed by atoms with E-state index in [1.807, 2.05) is 13.8 Å². The molecule has 0 N–H and O–H groups in total. The highest BCUT2D eigenvalue weighted by Crippen LogP contribution is 2.32. The Morgan fingerprint density at radius 2 is 1.00 bits per heavy atom. The summed E-state index contributed by atoms with van der Waals surface area (Å²) >= 11 is 0. The van der Waals surface area contributed by atoms with Gasteiger partial charge < -0.3 is 38.7 Å². The van der Waals surface area contributed by atoms with Crippen molar-refractivity contribution in [1.29, 1.82) is 0 Å². The lowest BCUT2D eigenvalue weighted by Crippen LogP contribution is -2.49. The number of carbonyl (C=O) groups excluding carboxylic acids is 2. The van der Waals surface area contributed by atoms with Gasteiger partial charge in [0.25, 0.3) is 0 Å². The highest BCUT2D eigenvalue weighted by molar-refractivity contribution is 5.72. The zero-order chi connectivity index (χ0) is 23.9. The van der Waals surface area contributed by atoms with Crippen LogP contribution in [0.15, 0.2) is 18.2 Å². The Labute approximate surface area is 201 Å². The van der Waals surface area contributed by atoms with Gasteiger partial charge in [-0.05, 0) is 32.0 Å². The van der Waals surface area contributed by atoms with Gasteiger partial charge in [0, 0.05) is 82.5 Å². The summed E-state index contributed by atoms with van der Waals surface area (Å²) in [5.74, 6) is 0. The van der Waals surface area contributed by atoms with Crippen molar-refractivity contribution in [3.05, 3.63) is 18.2 Å². The fourth-order valence-corrected chi connectivity index (χ4v) is 4.67. The number of anilines is 3. The molecule has 188 valence electrons. The molecule has 0 aliphatic carbocycles. The predicted octanol–water partition coefficient (Wildman–Crippen LogP) is 2.08. The molecular formula is C24H37N5O5. The molecule has 3 aliphatic heterocycles. The number of morpholine rings is 1. The number of piperazine rings is 2. The number of carbonyl (C=O) groups is 2. The van der Waals surface area contributed by atoms with Gasteiger partial charge in [-0.2, -0.15) is 0 Å². The second-order valence-electron chi connectivity index (χ2n) is 8.65. The average Bonchev–Trinajstić information content (AvgIpc) is 2.89. The summed E-state index contributed by atoms with van der Waals surface area (Å²) in [6.07, 6.45) is -0.464. The normalized spacial score (nSPS) is 19.3. The minimum Gasteiger partial charge on any atom is -0.450 e. The molecule has 34 heavy (non-hydrogen) atoms. The van der Waals surface area contributed by atoms with E-state index in [0.717, 1.165) is 63.9 Å². The first-order valence-corrected chi connectivity index (χ1v) is 12.4. The second kappa shape index (κ2) is 11.5. The molecule has 3 fully saturated rings. The van der Waals surface area contributed by atoms with E-state index in [9.17, 15) is 9.59 Å².